The van der Waals surface area contributed by atoms with Crippen LogP contribution in [0.15, 0.2) is 36.4 Å². The predicted molar refractivity (Wildman–Crippen MR) is 140 cm³/mol. The van der Waals surface area contributed by atoms with E-state index in [4.69, 9.17) is 23.2 Å². The van der Waals surface area contributed by atoms with Crippen molar-refractivity contribution in [3.05, 3.63) is 57.6 Å². The van der Waals surface area contributed by atoms with E-state index >= 15 is 0 Å². The van der Waals surface area contributed by atoms with Crippen LogP contribution in [0, 0.1) is 5.92 Å². The quantitative estimate of drug-likeness (QED) is 0.505. The lowest BCUT2D eigenvalue weighted by molar-refractivity contribution is -0.133. The lowest BCUT2D eigenvalue weighted by Crippen LogP contribution is -2.41. The summed E-state index contributed by atoms with van der Waals surface area (Å²) in [6, 6.07) is 10.9. The Bertz CT molecular complexity index is 1110. The van der Waals surface area contributed by atoms with Crippen LogP contribution in [0.2, 0.25) is 10.0 Å². The van der Waals surface area contributed by atoms with Gasteiger partial charge in [-0.2, -0.15) is 0 Å². The molecule has 1 heterocycles. The number of benzene rings is 2. The van der Waals surface area contributed by atoms with Crippen LogP contribution < -0.4 is 10.6 Å². The van der Waals surface area contributed by atoms with Gasteiger partial charge in [0.05, 0.1) is 12.6 Å². The van der Waals surface area contributed by atoms with Gasteiger partial charge in [-0.15, -0.1) is 0 Å². The zero-order valence-corrected chi connectivity index (χ0v) is 21.7. The average molecular weight is 532 g/mol. The Balaban J connectivity index is 1.42. The molecule has 2 aromatic rings. The summed E-state index contributed by atoms with van der Waals surface area (Å²) in [5.41, 5.74) is 2.86. The van der Waals surface area contributed by atoms with E-state index in [1.165, 1.54) is 7.05 Å². The Kier molecular flexibility index (Phi) is 8.54. The third-order valence-electron chi connectivity index (χ3n) is 7.22. The number of hydrogen-bond donors (Lipinski definition) is 3. The SMILES string of the molecule is CNC(=O)CNC(=O)c1ccc(-c2cc(Cl)c(C[C@@H]3CCN(C4CCC(O)CC4)C3=O)c(Cl)c2)cc1. The van der Waals surface area contributed by atoms with E-state index in [2.05, 4.69) is 10.6 Å². The van der Waals surface area contributed by atoms with Crippen molar-refractivity contribution in [2.45, 2.75) is 50.7 Å². The molecule has 2 aromatic carbocycles. The molecule has 3 N–H and O–H groups in total. The first-order chi connectivity index (χ1) is 17.3. The van der Waals surface area contributed by atoms with Crippen LogP contribution in [0.25, 0.3) is 11.1 Å². The van der Waals surface area contributed by atoms with E-state index in [0.29, 0.717) is 22.0 Å². The van der Waals surface area contributed by atoms with Crippen molar-refractivity contribution in [2.24, 2.45) is 5.92 Å². The number of nitrogens with zero attached hydrogens (tertiary/aromatic N) is 1. The van der Waals surface area contributed by atoms with Gasteiger partial charge in [0.25, 0.3) is 5.91 Å². The molecule has 2 aliphatic rings. The molecule has 0 spiro atoms. The van der Waals surface area contributed by atoms with Crippen molar-refractivity contribution >= 4 is 40.9 Å². The van der Waals surface area contributed by atoms with Crippen LogP contribution in [0.3, 0.4) is 0 Å². The number of nitrogens with one attached hydrogen (secondary N) is 2. The first-order valence-electron chi connectivity index (χ1n) is 12.3. The Morgan fingerprint density at radius 1 is 1.00 bits per heavy atom. The number of amides is 3. The number of carbonyl (C=O) groups excluding carboxylic acids is 3. The zero-order chi connectivity index (χ0) is 25.8. The van der Waals surface area contributed by atoms with Crippen molar-refractivity contribution in [1.29, 1.82) is 0 Å². The van der Waals surface area contributed by atoms with Gasteiger partial charge in [0, 0.05) is 41.2 Å². The molecule has 0 aromatic heterocycles. The summed E-state index contributed by atoms with van der Waals surface area (Å²) in [5, 5.41) is 15.8. The maximum absolute atomic E-state index is 13.1. The lowest BCUT2D eigenvalue weighted by atomic mass is 9.92. The fourth-order valence-electron chi connectivity index (χ4n) is 5.06. The molecule has 36 heavy (non-hydrogen) atoms. The highest BCUT2D eigenvalue weighted by Gasteiger charge is 2.37. The molecule has 7 nitrogen and oxygen atoms in total. The smallest absolute Gasteiger partial charge is 0.251 e. The predicted octanol–water partition coefficient (Wildman–Crippen LogP) is 3.83. The summed E-state index contributed by atoms with van der Waals surface area (Å²) < 4.78 is 0. The normalized spacial score (nSPS) is 21.9. The number of halogens is 2. The second-order valence-corrected chi connectivity index (χ2v) is 10.3. The second kappa shape index (κ2) is 11.6. The van der Waals surface area contributed by atoms with Gasteiger partial charge in [0.2, 0.25) is 11.8 Å². The minimum atomic E-state index is -0.337. The summed E-state index contributed by atoms with van der Waals surface area (Å²) in [4.78, 5) is 38.6. The highest BCUT2D eigenvalue weighted by atomic mass is 35.5. The van der Waals surface area contributed by atoms with Gasteiger partial charge >= 0.3 is 0 Å². The second-order valence-electron chi connectivity index (χ2n) is 9.54. The molecule has 2 fully saturated rings. The van der Waals surface area contributed by atoms with Crippen molar-refractivity contribution in [3.8, 4) is 11.1 Å². The summed E-state index contributed by atoms with van der Waals surface area (Å²) in [7, 11) is 1.51. The molecule has 9 heteroatoms. The molecule has 0 radical (unpaired) electrons. The Labute approximate surface area is 221 Å². The summed E-state index contributed by atoms with van der Waals surface area (Å²) in [6.07, 6.45) is 4.23. The molecule has 1 saturated carbocycles. The van der Waals surface area contributed by atoms with Crippen LogP contribution in [0.4, 0.5) is 0 Å². The van der Waals surface area contributed by atoms with E-state index < -0.39 is 0 Å². The molecule has 1 atom stereocenters. The topological polar surface area (TPSA) is 98.7 Å². The van der Waals surface area contributed by atoms with Crippen molar-refractivity contribution in [1.82, 2.24) is 15.5 Å². The Hall–Kier alpha value is -2.61. The number of carbonyl (C=O) groups is 3. The molecule has 1 saturated heterocycles. The summed E-state index contributed by atoms with van der Waals surface area (Å²) in [6.45, 7) is 0.648. The minimum Gasteiger partial charge on any atom is -0.393 e. The van der Waals surface area contributed by atoms with Gasteiger partial charge in [-0.3, -0.25) is 14.4 Å². The van der Waals surface area contributed by atoms with Crippen molar-refractivity contribution in [3.63, 3.8) is 0 Å². The molecule has 192 valence electrons. The molecule has 3 amide bonds. The van der Waals surface area contributed by atoms with Gasteiger partial charge < -0.3 is 20.6 Å². The van der Waals surface area contributed by atoms with Crippen molar-refractivity contribution in [2.75, 3.05) is 20.1 Å². The van der Waals surface area contributed by atoms with Crippen LogP contribution in [0.1, 0.15) is 48.0 Å². The van der Waals surface area contributed by atoms with E-state index in [-0.39, 0.29) is 42.3 Å². The zero-order valence-electron chi connectivity index (χ0n) is 20.2. The largest absolute Gasteiger partial charge is 0.393 e. The molecular weight excluding hydrogens is 501 g/mol. The van der Waals surface area contributed by atoms with Gasteiger partial charge in [0.15, 0.2) is 0 Å². The van der Waals surface area contributed by atoms with Gasteiger partial charge in [0.1, 0.15) is 0 Å². The van der Waals surface area contributed by atoms with E-state index in [1.54, 1.807) is 24.3 Å². The van der Waals surface area contributed by atoms with E-state index in [0.717, 1.165) is 55.3 Å². The molecule has 0 unspecified atom stereocenters. The van der Waals surface area contributed by atoms with Gasteiger partial charge in [-0.1, -0.05) is 35.3 Å². The molecule has 4 rings (SSSR count). The maximum atomic E-state index is 13.1. The monoisotopic (exact) mass is 531 g/mol. The molecule has 1 aliphatic carbocycles. The van der Waals surface area contributed by atoms with Crippen LogP contribution in [0.5, 0.6) is 0 Å². The van der Waals surface area contributed by atoms with E-state index in [1.807, 2.05) is 17.0 Å². The number of likely N-dealkylation sites (N-methyl/N-ethyl adjacent to an activating group) is 1. The van der Waals surface area contributed by atoms with Crippen LogP contribution >= 0.6 is 23.2 Å². The molecular formula is C27H31Cl2N3O4. The number of rotatable bonds is 7. The average Bonchev–Trinajstić information content (AvgIpc) is 3.24. The van der Waals surface area contributed by atoms with Crippen molar-refractivity contribution < 1.29 is 19.5 Å². The number of aliphatic hydroxyl groups excluding tert-OH is 1. The fourth-order valence-corrected chi connectivity index (χ4v) is 5.70. The Morgan fingerprint density at radius 2 is 1.64 bits per heavy atom. The Morgan fingerprint density at radius 3 is 2.25 bits per heavy atom. The third-order valence-corrected chi connectivity index (χ3v) is 7.89. The van der Waals surface area contributed by atoms with E-state index in [9.17, 15) is 19.5 Å². The highest BCUT2D eigenvalue weighted by Crippen LogP contribution is 2.36. The summed E-state index contributed by atoms with van der Waals surface area (Å²) >= 11 is 13.3. The molecule has 1 aliphatic heterocycles. The first-order valence-corrected chi connectivity index (χ1v) is 13.1. The highest BCUT2D eigenvalue weighted by molar-refractivity contribution is 6.36. The third kappa shape index (κ3) is 6.02. The number of aliphatic hydroxyl groups is 1. The number of likely N-dealkylation sites (tertiary alicyclic amines) is 1. The van der Waals surface area contributed by atoms with Gasteiger partial charge in [-0.25, -0.2) is 0 Å². The first kappa shape index (κ1) is 26.5. The fraction of sp³-hybridized carbons (Fsp3) is 0.444. The van der Waals surface area contributed by atoms with Gasteiger partial charge in [-0.05, 0) is 79.5 Å². The lowest BCUT2D eigenvalue weighted by Gasteiger charge is -2.33. The standard InChI is InChI=1S/C27H31Cl2N3O4/c1-30-25(34)15-31-26(35)17-4-2-16(3-5-17)19-13-23(28)22(24(29)14-19)12-18-10-11-32(27(18)36)20-6-8-21(33)9-7-20/h2-5,13-14,18,20-21,33H,6-12,15H2,1H3,(H,30,34)(H,31,35)/t18-,20?,21?/m0/s1. The number of hydrogen-bond acceptors (Lipinski definition) is 4. The van der Waals surface area contributed by atoms with Crippen LogP contribution in [-0.4, -0.2) is 60.0 Å². The maximum Gasteiger partial charge on any atom is 0.251 e. The molecule has 0 bridgehead atoms. The summed E-state index contributed by atoms with van der Waals surface area (Å²) in [5.74, 6) is -0.607. The minimum absolute atomic E-state index is 0.0885. The van der Waals surface area contributed by atoms with Crippen LogP contribution in [-0.2, 0) is 16.0 Å².